The summed E-state index contributed by atoms with van der Waals surface area (Å²) >= 11 is 0. The first-order chi connectivity index (χ1) is 12.5. The molecule has 4 heteroatoms. The molecular formula is C22H28N2O2. The molecule has 1 saturated heterocycles. The molecule has 2 atom stereocenters. The molecule has 4 nitrogen and oxygen atoms in total. The summed E-state index contributed by atoms with van der Waals surface area (Å²) in [6.45, 7) is 7.03. The largest absolute Gasteiger partial charge is 0.394 e. The second kappa shape index (κ2) is 6.66. The first-order valence-corrected chi connectivity index (χ1v) is 9.83. The Morgan fingerprint density at radius 2 is 2.00 bits per heavy atom. The van der Waals surface area contributed by atoms with Gasteiger partial charge in [0, 0.05) is 23.5 Å². The highest BCUT2D eigenvalue weighted by Crippen LogP contribution is 2.41. The zero-order chi connectivity index (χ0) is 18.4. The minimum absolute atomic E-state index is 0.0312. The molecule has 1 aromatic heterocycles. The number of aromatic nitrogens is 1. The molecule has 1 saturated carbocycles. The van der Waals surface area contributed by atoms with E-state index in [0.717, 1.165) is 65.5 Å². The van der Waals surface area contributed by atoms with E-state index in [4.69, 9.17) is 4.98 Å². The molecule has 1 amide bonds. The Morgan fingerprint density at radius 1 is 1.23 bits per heavy atom. The topological polar surface area (TPSA) is 53.4 Å². The summed E-state index contributed by atoms with van der Waals surface area (Å²) in [7, 11) is 0. The third-order valence-corrected chi connectivity index (χ3v) is 6.06. The second-order valence-electron chi connectivity index (χ2n) is 8.21. The van der Waals surface area contributed by atoms with Gasteiger partial charge in [0.1, 0.15) is 0 Å². The van der Waals surface area contributed by atoms with Crippen LogP contribution in [0.2, 0.25) is 0 Å². The molecule has 0 unspecified atom stereocenters. The average molecular weight is 352 g/mol. The maximum absolute atomic E-state index is 13.5. The molecule has 4 rings (SSSR count). The summed E-state index contributed by atoms with van der Waals surface area (Å²) in [6, 6.07) is 6.16. The predicted molar refractivity (Wildman–Crippen MR) is 104 cm³/mol. The molecule has 0 spiro atoms. The number of aliphatic hydroxyl groups is 1. The van der Waals surface area contributed by atoms with Gasteiger partial charge in [-0.05, 0) is 63.1 Å². The lowest BCUT2D eigenvalue weighted by Gasteiger charge is -2.39. The van der Waals surface area contributed by atoms with E-state index in [2.05, 4.69) is 32.9 Å². The SMILES string of the molecule is Cc1cc(C)c2nc(C3CC3)cc(C(=O)N3CCC[C@@H](C)[C@H]3CO)c2c1. The number of pyridine rings is 1. The number of hydrogen-bond donors (Lipinski definition) is 1. The highest BCUT2D eigenvalue weighted by molar-refractivity contribution is 6.07. The zero-order valence-electron chi connectivity index (χ0n) is 16.0. The maximum Gasteiger partial charge on any atom is 0.254 e. The van der Waals surface area contributed by atoms with Gasteiger partial charge in [-0.25, -0.2) is 0 Å². The van der Waals surface area contributed by atoms with Crippen LogP contribution < -0.4 is 0 Å². The van der Waals surface area contributed by atoms with Crippen LogP contribution in [0.15, 0.2) is 18.2 Å². The van der Waals surface area contributed by atoms with E-state index in [1.807, 2.05) is 11.0 Å². The lowest BCUT2D eigenvalue weighted by atomic mass is 9.90. The molecule has 2 heterocycles. The number of hydrogen-bond acceptors (Lipinski definition) is 3. The van der Waals surface area contributed by atoms with Gasteiger partial charge in [0.2, 0.25) is 0 Å². The molecule has 2 fully saturated rings. The van der Waals surface area contributed by atoms with Crippen molar-refractivity contribution in [3.63, 3.8) is 0 Å². The quantitative estimate of drug-likeness (QED) is 0.909. The third kappa shape index (κ3) is 3.01. The van der Waals surface area contributed by atoms with Crippen LogP contribution >= 0.6 is 0 Å². The van der Waals surface area contributed by atoms with Gasteiger partial charge in [0.05, 0.1) is 23.7 Å². The van der Waals surface area contributed by atoms with Gasteiger partial charge >= 0.3 is 0 Å². The Kier molecular flexibility index (Phi) is 4.47. The minimum Gasteiger partial charge on any atom is -0.394 e. The third-order valence-electron chi connectivity index (χ3n) is 6.06. The van der Waals surface area contributed by atoms with Crippen LogP contribution in [0.1, 0.15) is 65.7 Å². The van der Waals surface area contributed by atoms with Gasteiger partial charge in [-0.3, -0.25) is 9.78 Å². The highest BCUT2D eigenvalue weighted by atomic mass is 16.3. The van der Waals surface area contributed by atoms with Crippen molar-refractivity contribution < 1.29 is 9.90 Å². The van der Waals surface area contributed by atoms with Gasteiger partial charge in [-0.1, -0.05) is 18.6 Å². The van der Waals surface area contributed by atoms with Crippen LogP contribution in [0.3, 0.4) is 0 Å². The van der Waals surface area contributed by atoms with E-state index in [-0.39, 0.29) is 18.6 Å². The van der Waals surface area contributed by atoms with Crippen LogP contribution in [0, 0.1) is 19.8 Å². The number of carbonyl (C=O) groups excluding carboxylic acids is 1. The summed E-state index contributed by atoms with van der Waals surface area (Å²) in [5, 5.41) is 10.8. The number of aryl methyl sites for hydroxylation is 2. The van der Waals surface area contributed by atoms with Gasteiger partial charge in [0.25, 0.3) is 5.91 Å². The van der Waals surface area contributed by atoms with E-state index >= 15 is 0 Å². The number of aliphatic hydroxyl groups excluding tert-OH is 1. The van der Waals surface area contributed by atoms with Crippen LogP contribution in [0.5, 0.6) is 0 Å². The standard InChI is InChI=1S/C22H28N2O2/c1-13-9-15(3)21-17(10-13)18(11-19(23-21)16-6-7-16)22(26)24-8-4-5-14(2)20(24)12-25/h9-11,14,16,20,25H,4-8,12H2,1-3H3/t14-,20-/m1/s1. The number of nitrogens with zero attached hydrogens (tertiary/aromatic N) is 2. The van der Waals surface area contributed by atoms with E-state index in [9.17, 15) is 9.90 Å². The highest BCUT2D eigenvalue weighted by Gasteiger charge is 2.34. The van der Waals surface area contributed by atoms with Crippen molar-refractivity contribution in [1.82, 2.24) is 9.88 Å². The Morgan fingerprint density at radius 3 is 2.69 bits per heavy atom. The van der Waals surface area contributed by atoms with E-state index in [1.165, 1.54) is 0 Å². The van der Waals surface area contributed by atoms with Gasteiger partial charge in [0.15, 0.2) is 0 Å². The number of benzene rings is 1. The minimum atomic E-state index is -0.0882. The summed E-state index contributed by atoms with van der Waals surface area (Å²) in [6.07, 6.45) is 4.39. The normalized spacial score (nSPS) is 23.5. The summed E-state index contributed by atoms with van der Waals surface area (Å²) in [5.74, 6) is 0.882. The Bertz CT molecular complexity index is 857. The number of piperidine rings is 1. The monoisotopic (exact) mass is 352 g/mol. The van der Waals surface area contributed by atoms with E-state index in [0.29, 0.717) is 11.8 Å². The number of fused-ring (bicyclic) bond motifs is 1. The van der Waals surface area contributed by atoms with E-state index < -0.39 is 0 Å². The van der Waals surface area contributed by atoms with Crippen LogP contribution in [-0.2, 0) is 0 Å². The molecule has 1 N–H and O–H groups in total. The van der Waals surface area contributed by atoms with Crippen molar-refractivity contribution in [2.45, 2.75) is 58.4 Å². The number of likely N-dealkylation sites (tertiary alicyclic amines) is 1. The Balaban J connectivity index is 1.85. The van der Waals surface area contributed by atoms with Crippen molar-refractivity contribution >= 4 is 16.8 Å². The fourth-order valence-corrected chi connectivity index (χ4v) is 4.40. The van der Waals surface area contributed by atoms with Crippen LogP contribution in [0.25, 0.3) is 10.9 Å². The van der Waals surface area contributed by atoms with Gasteiger partial charge in [-0.15, -0.1) is 0 Å². The van der Waals surface area contributed by atoms with Gasteiger partial charge in [-0.2, -0.15) is 0 Å². The molecule has 2 aliphatic rings. The lowest BCUT2D eigenvalue weighted by Crippen LogP contribution is -2.49. The molecule has 26 heavy (non-hydrogen) atoms. The van der Waals surface area contributed by atoms with Crippen molar-refractivity contribution in [2.24, 2.45) is 5.92 Å². The smallest absolute Gasteiger partial charge is 0.254 e. The van der Waals surface area contributed by atoms with Crippen molar-refractivity contribution in [2.75, 3.05) is 13.2 Å². The van der Waals surface area contributed by atoms with E-state index in [1.54, 1.807) is 0 Å². The number of rotatable bonds is 3. The molecule has 1 aromatic carbocycles. The summed E-state index contributed by atoms with van der Waals surface area (Å²) in [5.41, 5.74) is 5.04. The summed E-state index contributed by atoms with van der Waals surface area (Å²) < 4.78 is 0. The molecule has 0 bridgehead atoms. The molecule has 1 aliphatic carbocycles. The zero-order valence-corrected chi connectivity index (χ0v) is 16.0. The molecule has 1 aliphatic heterocycles. The molecule has 0 radical (unpaired) electrons. The maximum atomic E-state index is 13.5. The van der Waals surface area contributed by atoms with Crippen LogP contribution in [-0.4, -0.2) is 40.1 Å². The molecule has 2 aromatic rings. The first-order valence-electron chi connectivity index (χ1n) is 9.83. The fourth-order valence-electron chi connectivity index (χ4n) is 4.40. The van der Waals surface area contributed by atoms with Gasteiger partial charge < -0.3 is 10.0 Å². The molecular weight excluding hydrogens is 324 g/mol. The molecule has 138 valence electrons. The Labute approximate surface area is 155 Å². The fraction of sp³-hybridized carbons (Fsp3) is 0.545. The Hall–Kier alpha value is -1.94. The lowest BCUT2D eigenvalue weighted by molar-refractivity contribution is 0.0360. The first kappa shape index (κ1) is 17.5. The second-order valence-corrected chi connectivity index (χ2v) is 8.21. The van der Waals surface area contributed by atoms with Crippen molar-refractivity contribution in [3.8, 4) is 0 Å². The predicted octanol–water partition coefficient (Wildman–Crippen LogP) is 3.96. The van der Waals surface area contributed by atoms with Crippen molar-refractivity contribution in [1.29, 1.82) is 0 Å². The summed E-state index contributed by atoms with van der Waals surface area (Å²) in [4.78, 5) is 20.3. The number of carbonyl (C=O) groups is 1. The average Bonchev–Trinajstić information content (AvgIpc) is 3.45. The van der Waals surface area contributed by atoms with Crippen molar-refractivity contribution in [3.05, 3.63) is 40.6 Å². The number of amides is 1. The van der Waals surface area contributed by atoms with Crippen LogP contribution in [0.4, 0.5) is 0 Å².